The molecule has 136 valence electrons. The van der Waals surface area contributed by atoms with Crippen molar-refractivity contribution >= 4 is 17.6 Å². The molecule has 2 aromatic rings. The number of aliphatic carboxylic acids is 1. The smallest absolute Gasteiger partial charge is 0.416 e. The van der Waals surface area contributed by atoms with Crippen molar-refractivity contribution in [1.82, 2.24) is 0 Å². The van der Waals surface area contributed by atoms with E-state index in [1.807, 2.05) is 0 Å². The first-order chi connectivity index (χ1) is 12.2. The normalized spacial score (nSPS) is 11.2. The highest BCUT2D eigenvalue weighted by Gasteiger charge is 2.31. The van der Waals surface area contributed by atoms with Gasteiger partial charge in [-0.25, -0.2) is 4.79 Å². The third-order valence-corrected chi connectivity index (χ3v) is 3.91. The first-order valence-corrected chi connectivity index (χ1v) is 7.82. The zero-order valence-corrected chi connectivity index (χ0v) is 14.2. The van der Waals surface area contributed by atoms with E-state index < -0.39 is 24.3 Å². The zero-order chi connectivity index (χ0) is 19.3. The molecule has 0 spiro atoms. The Labute approximate surface area is 153 Å². The Morgan fingerprint density at radius 1 is 1.23 bits per heavy atom. The molecule has 2 aromatic carbocycles. The van der Waals surface area contributed by atoms with Gasteiger partial charge in [-0.2, -0.15) is 13.2 Å². The molecule has 0 saturated heterocycles. The monoisotopic (exact) mass is 382 g/mol. The average molecular weight is 383 g/mol. The van der Waals surface area contributed by atoms with Gasteiger partial charge in [-0.3, -0.25) is 0 Å². The van der Waals surface area contributed by atoms with Crippen molar-refractivity contribution in [1.29, 1.82) is 0 Å². The molecule has 0 fully saturated rings. The number of alkyl halides is 3. The molecule has 7 heteroatoms. The Balaban J connectivity index is 2.59. The van der Waals surface area contributed by atoms with Crippen molar-refractivity contribution in [3.8, 4) is 23.5 Å². The Kier molecular flexibility index (Phi) is 6.30. The molecule has 0 aromatic heterocycles. The van der Waals surface area contributed by atoms with Crippen molar-refractivity contribution in [2.75, 3.05) is 6.61 Å². The van der Waals surface area contributed by atoms with Gasteiger partial charge >= 0.3 is 12.1 Å². The van der Waals surface area contributed by atoms with Crippen LogP contribution in [0.2, 0.25) is 5.02 Å². The number of benzene rings is 2. The zero-order valence-electron chi connectivity index (χ0n) is 13.4. The first-order valence-electron chi connectivity index (χ1n) is 7.45. The molecule has 0 radical (unpaired) electrons. The van der Waals surface area contributed by atoms with Gasteiger partial charge in [-0.15, -0.1) is 12.3 Å². The molecule has 0 heterocycles. The SMILES string of the molecule is C#CCc1cccc(COCC(=O)O)c1-c1cc(C(F)(F)F)ccc1Cl. The fourth-order valence-corrected chi connectivity index (χ4v) is 2.73. The minimum atomic E-state index is -4.53. The molecule has 0 aliphatic carbocycles. The van der Waals surface area contributed by atoms with E-state index in [1.54, 1.807) is 18.2 Å². The quantitative estimate of drug-likeness (QED) is 0.730. The van der Waals surface area contributed by atoms with Crippen LogP contribution in [0.25, 0.3) is 11.1 Å². The lowest BCUT2D eigenvalue weighted by Crippen LogP contribution is -2.08. The van der Waals surface area contributed by atoms with Gasteiger partial charge in [0.2, 0.25) is 0 Å². The topological polar surface area (TPSA) is 46.5 Å². The van der Waals surface area contributed by atoms with Crippen LogP contribution in [0.15, 0.2) is 36.4 Å². The Morgan fingerprint density at radius 2 is 1.92 bits per heavy atom. The van der Waals surface area contributed by atoms with Gasteiger partial charge in [0.15, 0.2) is 0 Å². The standard InChI is InChI=1S/C19H14ClF3O3/c1-2-4-12-5-3-6-13(10-26-11-17(24)25)18(12)15-9-14(19(21,22)23)7-8-16(15)20/h1,3,5-9H,4,10-11H2,(H,24,25). The second kappa shape index (κ2) is 8.26. The molecule has 0 aliphatic heterocycles. The van der Waals surface area contributed by atoms with E-state index in [1.165, 1.54) is 6.07 Å². The lowest BCUT2D eigenvalue weighted by atomic mass is 9.92. The number of terminal acetylenes is 1. The van der Waals surface area contributed by atoms with Crippen molar-refractivity contribution < 1.29 is 27.8 Å². The second-order valence-electron chi connectivity index (χ2n) is 5.41. The predicted octanol–water partition coefficient (Wildman–Crippen LogP) is 4.80. The fourth-order valence-electron chi connectivity index (χ4n) is 2.52. The lowest BCUT2D eigenvalue weighted by Gasteiger charge is -2.17. The highest BCUT2D eigenvalue weighted by molar-refractivity contribution is 6.33. The third kappa shape index (κ3) is 4.78. The molecule has 0 atom stereocenters. The van der Waals surface area contributed by atoms with E-state index in [4.69, 9.17) is 27.9 Å². The summed E-state index contributed by atoms with van der Waals surface area (Å²) in [7, 11) is 0. The van der Waals surface area contributed by atoms with E-state index >= 15 is 0 Å². The van der Waals surface area contributed by atoms with Crippen LogP contribution < -0.4 is 0 Å². The average Bonchev–Trinajstić information content (AvgIpc) is 2.55. The van der Waals surface area contributed by atoms with Crippen molar-refractivity contribution in [3.63, 3.8) is 0 Å². The summed E-state index contributed by atoms with van der Waals surface area (Å²) in [5, 5.41) is 8.82. The molecule has 26 heavy (non-hydrogen) atoms. The largest absolute Gasteiger partial charge is 0.480 e. The van der Waals surface area contributed by atoms with Crippen molar-refractivity contribution in [2.24, 2.45) is 0 Å². The Bertz CT molecular complexity index is 854. The summed E-state index contributed by atoms with van der Waals surface area (Å²) >= 11 is 6.16. The fraction of sp³-hybridized carbons (Fsp3) is 0.211. The lowest BCUT2D eigenvalue weighted by molar-refractivity contribution is -0.142. The van der Waals surface area contributed by atoms with Crippen LogP contribution in [0.3, 0.4) is 0 Å². The van der Waals surface area contributed by atoms with E-state index in [-0.39, 0.29) is 23.6 Å². The molecule has 0 bridgehead atoms. The van der Waals surface area contributed by atoms with E-state index in [2.05, 4.69) is 5.92 Å². The number of halogens is 4. The predicted molar refractivity (Wildman–Crippen MR) is 91.7 cm³/mol. The number of hydrogen-bond acceptors (Lipinski definition) is 2. The number of rotatable bonds is 6. The number of ether oxygens (including phenoxy) is 1. The third-order valence-electron chi connectivity index (χ3n) is 3.58. The molecule has 0 amide bonds. The highest BCUT2D eigenvalue weighted by atomic mass is 35.5. The van der Waals surface area contributed by atoms with Gasteiger partial charge in [0.05, 0.1) is 12.2 Å². The molecular weight excluding hydrogens is 369 g/mol. The summed E-state index contributed by atoms with van der Waals surface area (Å²) in [6.45, 7) is -0.637. The molecule has 3 nitrogen and oxygen atoms in total. The number of carboxylic acids is 1. The maximum Gasteiger partial charge on any atom is 0.416 e. The van der Waals surface area contributed by atoms with Crippen LogP contribution in [0.1, 0.15) is 16.7 Å². The second-order valence-corrected chi connectivity index (χ2v) is 5.82. The number of carboxylic acid groups (broad SMARTS) is 1. The Morgan fingerprint density at radius 3 is 2.54 bits per heavy atom. The Hall–Kier alpha value is -2.49. The number of hydrogen-bond donors (Lipinski definition) is 1. The minimum Gasteiger partial charge on any atom is -0.480 e. The summed E-state index contributed by atoms with van der Waals surface area (Å²) < 4.78 is 44.4. The number of carbonyl (C=O) groups is 1. The maximum atomic E-state index is 13.1. The summed E-state index contributed by atoms with van der Waals surface area (Å²) in [6.07, 6.45) is 1.01. The minimum absolute atomic E-state index is 0.105. The highest BCUT2D eigenvalue weighted by Crippen LogP contribution is 2.39. The van der Waals surface area contributed by atoms with E-state index in [0.717, 1.165) is 12.1 Å². The van der Waals surface area contributed by atoms with E-state index in [0.29, 0.717) is 16.7 Å². The van der Waals surface area contributed by atoms with Crippen LogP contribution >= 0.6 is 11.6 Å². The summed E-state index contributed by atoms with van der Waals surface area (Å²) in [5.41, 5.74) is 0.850. The molecule has 0 unspecified atom stereocenters. The van der Waals surface area contributed by atoms with Crippen molar-refractivity contribution in [2.45, 2.75) is 19.2 Å². The summed E-state index contributed by atoms with van der Waals surface area (Å²) in [6, 6.07) is 8.03. The molecule has 1 N–H and O–H groups in total. The maximum absolute atomic E-state index is 13.1. The van der Waals surface area contributed by atoms with Gasteiger partial charge in [-0.1, -0.05) is 29.8 Å². The van der Waals surface area contributed by atoms with Gasteiger partial charge in [0.25, 0.3) is 0 Å². The summed E-state index contributed by atoms with van der Waals surface area (Å²) in [4.78, 5) is 10.6. The van der Waals surface area contributed by atoms with Gasteiger partial charge < -0.3 is 9.84 Å². The molecule has 2 rings (SSSR count). The molecular formula is C19H14ClF3O3. The first kappa shape index (κ1) is 19.8. The van der Waals surface area contributed by atoms with Gasteiger partial charge in [0.1, 0.15) is 6.61 Å². The molecule has 0 saturated carbocycles. The van der Waals surface area contributed by atoms with E-state index in [9.17, 15) is 18.0 Å². The van der Waals surface area contributed by atoms with Gasteiger partial charge in [-0.05, 0) is 34.9 Å². The molecule has 0 aliphatic rings. The van der Waals surface area contributed by atoms with Crippen LogP contribution in [0.4, 0.5) is 13.2 Å². The van der Waals surface area contributed by atoms with Crippen LogP contribution in [0, 0.1) is 12.3 Å². The van der Waals surface area contributed by atoms with Crippen molar-refractivity contribution in [3.05, 3.63) is 58.1 Å². The summed E-state index contributed by atoms with van der Waals surface area (Å²) in [5.74, 6) is 1.31. The van der Waals surface area contributed by atoms with Crippen LogP contribution in [0.5, 0.6) is 0 Å². The van der Waals surface area contributed by atoms with Gasteiger partial charge in [0, 0.05) is 17.0 Å². The van der Waals surface area contributed by atoms with Crippen LogP contribution in [-0.4, -0.2) is 17.7 Å². The van der Waals surface area contributed by atoms with Crippen LogP contribution in [-0.2, 0) is 28.7 Å².